The fourth-order valence-electron chi connectivity index (χ4n) is 4.28. The molecule has 1 amide bonds. The average Bonchev–Trinajstić information content (AvgIpc) is 3.02. The van der Waals surface area contributed by atoms with E-state index in [-0.39, 0.29) is 5.91 Å². The number of hydrogen-bond acceptors (Lipinski definition) is 4. The summed E-state index contributed by atoms with van der Waals surface area (Å²) in [5.41, 5.74) is 9.45. The van der Waals surface area contributed by atoms with Gasteiger partial charge in [-0.15, -0.1) is 0 Å². The highest BCUT2D eigenvalue weighted by molar-refractivity contribution is 5.73. The molecular formula is C19H28N2O3. The summed E-state index contributed by atoms with van der Waals surface area (Å²) in [7, 11) is 3.44. The highest BCUT2D eigenvalue weighted by Crippen LogP contribution is 2.48. The van der Waals surface area contributed by atoms with Crippen molar-refractivity contribution in [3.63, 3.8) is 0 Å². The number of carbonyl (C=O) groups excluding carboxylic acids is 1. The average molecular weight is 332 g/mol. The number of nitrogens with zero attached hydrogens (tertiary/aromatic N) is 1. The molecule has 1 heterocycles. The predicted molar refractivity (Wildman–Crippen MR) is 93.5 cm³/mol. The van der Waals surface area contributed by atoms with E-state index in [1.807, 2.05) is 0 Å². The number of amides is 1. The Morgan fingerprint density at radius 2 is 2.08 bits per heavy atom. The lowest BCUT2D eigenvalue weighted by Crippen LogP contribution is -2.35. The molecule has 2 aliphatic rings. The van der Waals surface area contributed by atoms with Gasteiger partial charge in [0.25, 0.3) is 0 Å². The molecule has 1 aromatic carbocycles. The summed E-state index contributed by atoms with van der Waals surface area (Å²) >= 11 is 0. The molecule has 0 saturated carbocycles. The van der Waals surface area contributed by atoms with E-state index in [1.165, 1.54) is 16.7 Å². The fraction of sp³-hybridized carbons (Fsp3) is 0.632. The van der Waals surface area contributed by atoms with Crippen molar-refractivity contribution in [2.24, 2.45) is 5.73 Å². The molecule has 132 valence electrons. The number of primary amides is 1. The normalized spacial score (nSPS) is 19.2. The van der Waals surface area contributed by atoms with Gasteiger partial charge in [-0.25, -0.2) is 0 Å². The number of carbonyl (C=O) groups is 1. The minimum Gasteiger partial charge on any atom is -0.493 e. The lowest BCUT2D eigenvalue weighted by Gasteiger charge is -2.35. The van der Waals surface area contributed by atoms with Gasteiger partial charge >= 0.3 is 0 Å². The molecule has 1 aromatic rings. The van der Waals surface area contributed by atoms with Gasteiger partial charge in [0.1, 0.15) is 0 Å². The van der Waals surface area contributed by atoms with Gasteiger partial charge in [0.2, 0.25) is 5.91 Å². The van der Waals surface area contributed by atoms with Crippen LogP contribution in [0.1, 0.15) is 54.8 Å². The van der Waals surface area contributed by atoms with Crippen molar-refractivity contribution in [1.29, 1.82) is 0 Å². The van der Waals surface area contributed by atoms with Crippen molar-refractivity contribution in [2.75, 3.05) is 27.3 Å². The summed E-state index contributed by atoms with van der Waals surface area (Å²) in [5.74, 6) is 1.59. The minimum absolute atomic E-state index is 0.191. The van der Waals surface area contributed by atoms with Crippen LogP contribution >= 0.6 is 0 Å². The SMILES string of the molecule is COc1cc2c3c(c1OC)CCC3N(CCCCCC(N)=O)CC2. The van der Waals surface area contributed by atoms with Crippen LogP contribution in [0.15, 0.2) is 6.07 Å². The molecular weight excluding hydrogens is 304 g/mol. The highest BCUT2D eigenvalue weighted by Gasteiger charge is 2.36. The van der Waals surface area contributed by atoms with E-state index in [4.69, 9.17) is 15.2 Å². The Labute approximate surface area is 144 Å². The zero-order valence-electron chi connectivity index (χ0n) is 14.8. The minimum atomic E-state index is -0.191. The van der Waals surface area contributed by atoms with Crippen LogP contribution < -0.4 is 15.2 Å². The summed E-state index contributed by atoms with van der Waals surface area (Å²) in [6.45, 7) is 2.19. The Morgan fingerprint density at radius 1 is 1.25 bits per heavy atom. The van der Waals surface area contributed by atoms with E-state index >= 15 is 0 Å². The monoisotopic (exact) mass is 332 g/mol. The Kier molecular flexibility index (Phi) is 5.29. The first-order valence-electron chi connectivity index (χ1n) is 8.94. The zero-order chi connectivity index (χ0) is 17.1. The molecule has 1 unspecified atom stereocenters. The van der Waals surface area contributed by atoms with Gasteiger partial charge in [0, 0.05) is 24.6 Å². The number of nitrogens with two attached hydrogens (primary N) is 1. The number of ether oxygens (including phenoxy) is 2. The first kappa shape index (κ1) is 17.1. The topological polar surface area (TPSA) is 64.8 Å². The second kappa shape index (κ2) is 7.43. The van der Waals surface area contributed by atoms with Crippen LogP contribution in [0.2, 0.25) is 0 Å². The largest absolute Gasteiger partial charge is 0.493 e. The van der Waals surface area contributed by atoms with Crippen molar-refractivity contribution in [3.05, 3.63) is 22.8 Å². The molecule has 3 rings (SSSR count). The van der Waals surface area contributed by atoms with Crippen LogP contribution in [0, 0.1) is 0 Å². The van der Waals surface area contributed by atoms with Gasteiger partial charge in [-0.3, -0.25) is 9.69 Å². The van der Waals surface area contributed by atoms with E-state index in [2.05, 4.69) is 11.0 Å². The van der Waals surface area contributed by atoms with Crippen molar-refractivity contribution in [2.45, 2.75) is 51.0 Å². The quantitative estimate of drug-likeness (QED) is 0.743. The predicted octanol–water partition coefficient (Wildman–Crippen LogP) is 2.59. The molecule has 0 spiro atoms. The Morgan fingerprint density at radius 3 is 2.79 bits per heavy atom. The third-order valence-electron chi connectivity index (χ3n) is 5.38. The van der Waals surface area contributed by atoms with Crippen LogP contribution in [0.5, 0.6) is 11.5 Å². The van der Waals surface area contributed by atoms with Gasteiger partial charge in [-0.2, -0.15) is 0 Å². The van der Waals surface area contributed by atoms with Crippen LogP contribution in [0.3, 0.4) is 0 Å². The van der Waals surface area contributed by atoms with Gasteiger partial charge in [0.15, 0.2) is 11.5 Å². The molecule has 0 fully saturated rings. The molecule has 0 aromatic heterocycles. The second-order valence-electron chi connectivity index (χ2n) is 6.78. The van der Waals surface area contributed by atoms with Crippen molar-refractivity contribution >= 4 is 5.91 Å². The summed E-state index contributed by atoms with van der Waals surface area (Å²) in [6, 6.07) is 2.68. The summed E-state index contributed by atoms with van der Waals surface area (Å²) in [5, 5.41) is 0. The fourth-order valence-corrected chi connectivity index (χ4v) is 4.28. The van der Waals surface area contributed by atoms with Crippen LogP contribution in [0.4, 0.5) is 0 Å². The van der Waals surface area contributed by atoms with Gasteiger partial charge in [-0.1, -0.05) is 6.42 Å². The molecule has 1 aliphatic carbocycles. The van der Waals surface area contributed by atoms with Crippen LogP contribution in [-0.4, -0.2) is 38.1 Å². The maximum absolute atomic E-state index is 10.8. The first-order chi connectivity index (χ1) is 11.7. The first-order valence-corrected chi connectivity index (χ1v) is 8.94. The van der Waals surface area contributed by atoms with Crippen LogP contribution in [0.25, 0.3) is 0 Å². The maximum atomic E-state index is 10.8. The van der Waals surface area contributed by atoms with Crippen molar-refractivity contribution < 1.29 is 14.3 Å². The summed E-state index contributed by atoms with van der Waals surface area (Å²) < 4.78 is 11.2. The van der Waals surface area contributed by atoms with Gasteiger partial charge in [-0.05, 0) is 55.8 Å². The van der Waals surface area contributed by atoms with E-state index in [9.17, 15) is 4.79 Å². The van der Waals surface area contributed by atoms with E-state index in [0.29, 0.717) is 12.5 Å². The Balaban J connectivity index is 1.69. The molecule has 1 aliphatic heterocycles. The number of benzene rings is 1. The number of methoxy groups -OCH3 is 2. The summed E-state index contributed by atoms with van der Waals surface area (Å²) in [4.78, 5) is 13.4. The number of rotatable bonds is 8. The zero-order valence-corrected chi connectivity index (χ0v) is 14.8. The molecule has 0 bridgehead atoms. The Bertz CT molecular complexity index is 615. The standard InChI is InChI=1S/C19H28N2O3/c1-23-16-12-13-9-11-21(10-5-3-4-6-17(20)22)15-8-7-14(18(13)15)19(16)24-2/h12,15H,3-11H2,1-2H3,(H2,20,22). The third-order valence-corrected chi connectivity index (χ3v) is 5.38. The molecule has 5 heteroatoms. The molecule has 24 heavy (non-hydrogen) atoms. The molecule has 0 radical (unpaired) electrons. The van der Waals surface area contributed by atoms with Crippen molar-refractivity contribution in [1.82, 2.24) is 4.90 Å². The summed E-state index contributed by atoms with van der Waals surface area (Å²) in [6.07, 6.45) is 6.90. The maximum Gasteiger partial charge on any atom is 0.217 e. The van der Waals surface area contributed by atoms with E-state index in [1.54, 1.807) is 14.2 Å². The number of unbranched alkanes of at least 4 members (excludes halogenated alkanes) is 2. The smallest absolute Gasteiger partial charge is 0.217 e. The van der Waals surface area contributed by atoms with Gasteiger partial charge in [0.05, 0.1) is 14.2 Å². The number of hydrogen-bond donors (Lipinski definition) is 1. The van der Waals surface area contributed by atoms with E-state index < -0.39 is 0 Å². The van der Waals surface area contributed by atoms with Gasteiger partial charge < -0.3 is 15.2 Å². The second-order valence-corrected chi connectivity index (χ2v) is 6.78. The lowest BCUT2D eigenvalue weighted by atomic mass is 9.92. The van der Waals surface area contributed by atoms with Crippen molar-refractivity contribution in [3.8, 4) is 11.5 Å². The third kappa shape index (κ3) is 3.22. The molecule has 1 atom stereocenters. The van der Waals surface area contributed by atoms with E-state index in [0.717, 1.165) is 63.1 Å². The molecule has 5 nitrogen and oxygen atoms in total. The Hall–Kier alpha value is -1.75. The highest BCUT2D eigenvalue weighted by atomic mass is 16.5. The van der Waals surface area contributed by atoms with Crippen LogP contribution in [-0.2, 0) is 17.6 Å². The molecule has 0 saturated heterocycles. The lowest BCUT2D eigenvalue weighted by molar-refractivity contribution is -0.118. The molecule has 2 N–H and O–H groups in total.